The quantitative estimate of drug-likeness (QED) is 0.293. The fourth-order valence-corrected chi connectivity index (χ4v) is 5.53. The van der Waals surface area contributed by atoms with E-state index in [1.807, 2.05) is 6.07 Å². The number of furan rings is 1. The van der Waals surface area contributed by atoms with E-state index in [1.165, 1.54) is 54.8 Å². The Balaban J connectivity index is 1.70. The SMILES string of the molecule is CC1(C)c2ccc3c([nH]c4ccccc43)c2-c2ccc3oc4ccccc4c3c21. The minimum atomic E-state index is -0.0949. The number of nitrogens with one attached hydrogen (secondary N) is 1. The van der Waals surface area contributed by atoms with Crippen LogP contribution in [0.1, 0.15) is 25.0 Å². The first-order chi connectivity index (χ1) is 14.1. The third-order valence-electron chi connectivity index (χ3n) is 6.79. The van der Waals surface area contributed by atoms with Gasteiger partial charge in [0.1, 0.15) is 11.2 Å². The van der Waals surface area contributed by atoms with Gasteiger partial charge in [-0.1, -0.05) is 68.4 Å². The van der Waals surface area contributed by atoms with E-state index < -0.39 is 0 Å². The zero-order valence-electron chi connectivity index (χ0n) is 16.3. The molecule has 2 aromatic heterocycles. The number of fused-ring (bicyclic) bond motifs is 11. The third kappa shape index (κ3) is 1.73. The van der Waals surface area contributed by atoms with Crippen molar-refractivity contribution in [3.63, 3.8) is 0 Å². The molecule has 138 valence electrons. The Morgan fingerprint density at radius 2 is 1.52 bits per heavy atom. The van der Waals surface area contributed by atoms with Gasteiger partial charge in [0.05, 0.1) is 5.52 Å². The molecule has 0 spiro atoms. The number of rotatable bonds is 0. The van der Waals surface area contributed by atoms with Crippen molar-refractivity contribution in [3.8, 4) is 11.1 Å². The van der Waals surface area contributed by atoms with Gasteiger partial charge in [0.2, 0.25) is 0 Å². The van der Waals surface area contributed by atoms with Crippen LogP contribution in [0.4, 0.5) is 0 Å². The first-order valence-electron chi connectivity index (χ1n) is 10.1. The fraction of sp³-hybridized carbons (Fsp3) is 0.111. The van der Waals surface area contributed by atoms with E-state index in [9.17, 15) is 0 Å². The number of hydrogen-bond acceptors (Lipinski definition) is 1. The van der Waals surface area contributed by atoms with Crippen LogP contribution < -0.4 is 0 Å². The molecule has 0 fully saturated rings. The smallest absolute Gasteiger partial charge is 0.135 e. The van der Waals surface area contributed by atoms with Gasteiger partial charge >= 0.3 is 0 Å². The number of aromatic amines is 1. The molecule has 0 radical (unpaired) electrons. The molecule has 7 rings (SSSR count). The molecule has 2 heteroatoms. The summed E-state index contributed by atoms with van der Waals surface area (Å²) in [5, 5.41) is 5.03. The molecule has 0 atom stereocenters. The van der Waals surface area contributed by atoms with E-state index in [4.69, 9.17) is 4.42 Å². The van der Waals surface area contributed by atoms with Gasteiger partial charge < -0.3 is 9.40 Å². The summed E-state index contributed by atoms with van der Waals surface area (Å²) in [6, 6.07) is 26.0. The van der Waals surface area contributed by atoms with Gasteiger partial charge in [0.15, 0.2) is 0 Å². The molecule has 29 heavy (non-hydrogen) atoms. The van der Waals surface area contributed by atoms with Crippen LogP contribution in [0.15, 0.2) is 77.2 Å². The molecule has 4 aromatic carbocycles. The monoisotopic (exact) mass is 373 g/mol. The van der Waals surface area contributed by atoms with Gasteiger partial charge in [0, 0.05) is 38.0 Å². The molecule has 6 aromatic rings. The second-order valence-electron chi connectivity index (χ2n) is 8.67. The Kier molecular flexibility index (Phi) is 2.60. The molecule has 0 unspecified atom stereocenters. The average Bonchev–Trinajstić information content (AvgIpc) is 3.36. The molecule has 0 amide bonds. The summed E-state index contributed by atoms with van der Waals surface area (Å²) in [5.74, 6) is 0. The van der Waals surface area contributed by atoms with Crippen LogP contribution in [-0.4, -0.2) is 4.98 Å². The maximum atomic E-state index is 6.20. The van der Waals surface area contributed by atoms with Gasteiger partial charge in [-0.2, -0.15) is 0 Å². The van der Waals surface area contributed by atoms with Crippen LogP contribution in [-0.2, 0) is 5.41 Å². The highest BCUT2D eigenvalue weighted by Gasteiger charge is 2.39. The van der Waals surface area contributed by atoms with Gasteiger partial charge in [-0.15, -0.1) is 0 Å². The van der Waals surface area contributed by atoms with Crippen LogP contribution >= 0.6 is 0 Å². The zero-order chi connectivity index (χ0) is 19.3. The largest absolute Gasteiger partial charge is 0.456 e. The molecule has 2 heterocycles. The Labute approximate surface area is 167 Å². The standard InChI is InChI=1S/C27H19NO/c1-27(2)19-13-11-16-15-7-3-5-9-20(15)28-26(16)23(19)18-12-14-22-24(25(18)27)17-8-4-6-10-21(17)29-22/h3-14,28H,1-2H3. The normalized spacial score (nSPS) is 14.8. The van der Waals surface area contributed by atoms with Crippen molar-refractivity contribution in [2.75, 3.05) is 0 Å². The summed E-state index contributed by atoms with van der Waals surface area (Å²) >= 11 is 0. The molecule has 0 bridgehead atoms. The minimum Gasteiger partial charge on any atom is -0.456 e. The third-order valence-corrected chi connectivity index (χ3v) is 6.79. The molecule has 2 nitrogen and oxygen atoms in total. The van der Waals surface area contributed by atoms with Crippen molar-refractivity contribution in [1.29, 1.82) is 0 Å². The number of aromatic nitrogens is 1. The summed E-state index contributed by atoms with van der Waals surface area (Å²) < 4.78 is 6.20. The molecule has 0 saturated carbocycles. The van der Waals surface area contributed by atoms with Crippen LogP contribution in [0.3, 0.4) is 0 Å². The van der Waals surface area contributed by atoms with Gasteiger partial charge in [-0.05, 0) is 34.9 Å². The lowest BCUT2D eigenvalue weighted by Gasteiger charge is -2.22. The van der Waals surface area contributed by atoms with Crippen LogP contribution in [0.2, 0.25) is 0 Å². The highest BCUT2D eigenvalue weighted by Crippen LogP contribution is 2.55. The summed E-state index contributed by atoms with van der Waals surface area (Å²) in [6.45, 7) is 4.68. The van der Waals surface area contributed by atoms with Crippen molar-refractivity contribution in [1.82, 2.24) is 4.98 Å². The van der Waals surface area contributed by atoms with Crippen molar-refractivity contribution in [2.24, 2.45) is 0 Å². The predicted octanol–water partition coefficient (Wildman–Crippen LogP) is 7.53. The summed E-state index contributed by atoms with van der Waals surface area (Å²) in [5.41, 5.74) is 9.68. The fourth-order valence-electron chi connectivity index (χ4n) is 5.53. The van der Waals surface area contributed by atoms with Gasteiger partial charge in [-0.3, -0.25) is 0 Å². The number of hydrogen-bond donors (Lipinski definition) is 1. The van der Waals surface area contributed by atoms with E-state index in [1.54, 1.807) is 0 Å². The minimum absolute atomic E-state index is 0.0949. The number of benzene rings is 4. The lowest BCUT2D eigenvalue weighted by Crippen LogP contribution is -2.15. The van der Waals surface area contributed by atoms with E-state index in [2.05, 4.69) is 85.6 Å². The van der Waals surface area contributed by atoms with E-state index >= 15 is 0 Å². The van der Waals surface area contributed by atoms with Gasteiger partial charge in [0.25, 0.3) is 0 Å². The maximum Gasteiger partial charge on any atom is 0.135 e. The van der Waals surface area contributed by atoms with Crippen LogP contribution in [0.5, 0.6) is 0 Å². The molecule has 1 N–H and O–H groups in total. The molecule has 1 aliphatic rings. The van der Waals surface area contributed by atoms with Gasteiger partial charge in [-0.25, -0.2) is 0 Å². The molecular weight excluding hydrogens is 354 g/mol. The Morgan fingerprint density at radius 1 is 0.724 bits per heavy atom. The topological polar surface area (TPSA) is 28.9 Å². The molecule has 0 aliphatic heterocycles. The average molecular weight is 373 g/mol. The summed E-state index contributed by atoms with van der Waals surface area (Å²) in [7, 11) is 0. The van der Waals surface area contributed by atoms with E-state index in [-0.39, 0.29) is 5.41 Å². The number of H-pyrrole nitrogens is 1. The van der Waals surface area contributed by atoms with Crippen molar-refractivity contribution in [3.05, 3.63) is 83.9 Å². The molecular formula is C27H19NO. The molecule has 0 saturated heterocycles. The first-order valence-corrected chi connectivity index (χ1v) is 10.1. The Bertz CT molecular complexity index is 1630. The Hall–Kier alpha value is -3.52. The van der Waals surface area contributed by atoms with Crippen LogP contribution in [0.25, 0.3) is 54.9 Å². The highest BCUT2D eigenvalue weighted by molar-refractivity contribution is 6.17. The first kappa shape index (κ1) is 15.4. The second kappa shape index (κ2) is 4.90. The lowest BCUT2D eigenvalue weighted by atomic mass is 9.80. The summed E-state index contributed by atoms with van der Waals surface area (Å²) in [6.07, 6.45) is 0. The summed E-state index contributed by atoms with van der Waals surface area (Å²) in [4.78, 5) is 3.71. The number of para-hydroxylation sites is 2. The maximum absolute atomic E-state index is 6.20. The predicted molar refractivity (Wildman–Crippen MR) is 121 cm³/mol. The second-order valence-corrected chi connectivity index (χ2v) is 8.67. The lowest BCUT2D eigenvalue weighted by molar-refractivity contribution is 0.657. The molecule has 1 aliphatic carbocycles. The zero-order valence-corrected chi connectivity index (χ0v) is 16.3. The van der Waals surface area contributed by atoms with E-state index in [0.717, 1.165) is 11.2 Å². The van der Waals surface area contributed by atoms with Crippen LogP contribution in [0, 0.1) is 0 Å². The Morgan fingerprint density at radius 3 is 2.41 bits per heavy atom. The van der Waals surface area contributed by atoms with Crippen molar-refractivity contribution in [2.45, 2.75) is 19.3 Å². The highest BCUT2D eigenvalue weighted by atomic mass is 16.3. The van der Waals surface area contributed by atoms with E-state index in [0.29, 0.717) is 0 Å². The van der Waals surface area contributed by atoms with Crippen molar-refractivity contribution < 1.29 is 4.42 Å². The van der Waals surface area contributed by atoms with Crippen molar-refractivity contribution >= 4 is 43.7 Å².